The molecule has 1 aromatic carbocycles. The lowest BCUT2D eigenvalue weighted by Crippen LogP contribution is -2.54. The standard InChI is InChI=1S/C27H37NO5/c1-16-4-6-20-24(30)21(9-11-26(16,20)2)27(3)10-8-19(29)13-18(27)14-28-25(31)17-5-7-22-23(12-17)33-15-32-22/h5,7,12,18-21,24,29-30H,1,4,6,8-11,13-15H2,2-3H3,(H,28,31)/t18?,19?,20-,21-,24-,26+,27?/m0/s1. The van der Waals surface area contributed by atoms with E-state index < -0.39 is 0 Å². The molecule has 1 heterocycles. The van der Waals surface area contributed by atoms with Gasteiger partial charge in [0.2, 0.25) is 6.79 Å². The van der Waals surface area contributed by atoms with Crippen molar-refractivity contribution in [3.8, 4) is 11.5 Å². The molecule has 4 aliphatic rings. The van der Waals surface area contributed by atoms with Crippen LogP contribution < -0.4 is 14.8 Å². The zero-order chi connectivity index (χ0) is 23.4. The van der Waals surface area contributed by atoms with Gasteiger partial charge in [0.15, 0.2) is 11.5 Å². The van der Waals surface area contributed by atoms with Crippen LogP contribution in [0.15, 0.2) is 30.4 Å². The van der Waals surface area contributed by atoms with Crippen LogP contribution >= 0.6 is 0 Å². The van der Waals surface area contributed by atoms with Crippen LogP contribution in [0.1, 0.15) is 69.2 Å². The van der Waals surface area contributed by atoms with Gasteiger partial charge in [-0.25, -0.2) is 0 Å². The molecule has 1 aromatic rings. The van der Waals surface area contributed by atoms with Crippen molar-refractivity contribution in [2.24, 2.45) is 28.6 Å². The minimum Gasteiger partial charge on any atom is -0.454 e. The molecule has 1 aliphatic heterocycles. The molecule has 0 saturated heterocycles. The third-order valence-electron chi connectivity index (χ3n) is 9.68. The van der Waals surface area contributed by atoms with Crippen LogP contribution in [-0.2, 0) is 0 Å². The van der Waals surface area contributed by atoms with E-state index in [1.165, 1.54) is 5.57 Å². The summed E-state index contributed by atoms with van der Waals surface area (Å²) in [6.45, 7) is 9.53. The van der Waals surface area contributed by atoms with Crippen molar-refractivity contribution in [3.05, 3.63) is 35.9 Å². The molecule has 0 bridgehead atoms. The molecule has 0 radical (unpaired) electrons. The van der Waals surface area contributed by atoms with E-state index in [0.29, 0.717) is 30.0 Å². The quantitative estimate of drug-likeness (QED) is 0.596. The maximum absolute atomic E-state index is 12.9. The summed E-state index contributed by atoms with van der Waals surface area (Å²) in [4.78, 5) is 12.9. The highest BCUT2D eigenvalue weighted by Gasteiger charge is 2.56. The van der Waals surface area contributed by atoms with Gasteiger partial charge in [-0.2, -0.15) is 0 Å². The molecule has 3 aliphatic carbocycles. The summed E-state index contributed by atoms with van der Waals surface area (Å²) >= 11 is 0. The Labute approximate surface area is 196 Å². The van der Waals surface area contributed by atoms with Crippen LogP contribution in [0.2, 0.25) is 0 Å². The largest absolute Gasteiger partial charge is 0.454 e. The molecule has 0 spiro atoms. The zero-order valence-corrected chi connectivity index (χ0v) is 19.8. The summed E-state index contributed by atoms with van der Waals surface area (Å²) in [7, 11) is 0. The Hall–Kier alpha value is -2.05. The first-order chi connectivity index (χ1) is 15.7. The predicted octanol–water partition coefficient (Wildman–Crippen LogP) is 4.06. The number of fused-ring (bicyclic) bond motifs is 2. The second-order valence-corrected chi connectivity index (χ2v) is 11.2. The zero-order valence-electron chi connectivity index (χ0n) is 19.8. The second-order valence-electron chi connectivity index (χ2n) is 11.2. The van der Waals surface area contributed by atoms with Gasteiger partial charge >= 0.3 is 0 Å². The molecular weight excluding hydrogens is 418 g/mol. The number of carbonyl (C=O) groups is 1. The highest BCUT2D eigenvalue weighted by atomic mass is 16.7. The van der Waals surface area contributed by atoms with Crippen LogP contribution in [0.4, 0.5) is 0 Å². The minimum atomic E-state index is -0.365. The number of aliphatic hydroxyl groups excluding tert-OH is 2. The van der Waals surface area contributed by atoms with Gasteiger partial charge in [-0.15, -0.1) is 0 Å². The number of rotatable bonds is 4. The normalized spacial score (nSPS) is 39.9. The Morgan fingerprint density at radius 2 is 1.91 bits per heavy atom. The average Bonchev–Trinajstić information content (AvgIpc) is 3.38. The lowest BCUT2D eigenvalue weighted by Gasteiger charge is -2.55. The van der Waals surface area contributed by atoms with E-state index in [0.717, 1.165) is 38.5 Å². The molecule has 180 valence electrons. The number of benzene rings is 1. The maximum Gasteiger partial charge on any atom is 0.251 e. The molecule has 3 fully saturated rings. The summed E-state index contributed by atoms with van der Waals surface area (Å²) in [6, 6.07) is 5.22. The summed E-state index contributed by atoms with van der Waals surface area (Å²) in [5.74, 6) is 1.62. The Balaban J connectivity index is 1.31. The molecule has 3 saturated carbocycles. The highest BCUT2D eigenvalue weighted by molar-refractivity contribution is 5.94. The highest BCUT2D eigenvalue weighted by Crippen LogP contribution is 2.61. The first-order valence-electron chi connectivity index (χ1n) is 12.4. The van der Waals surface area contributed by atoms with Gasteiger partial charge in [0.1, 0.15) is 0 Å². The molecular formula is C27H37NO5. The lowest BCUT2D eigenvalue weighted by atomic mass is 9.52. The molecule has 3 unspecified atom stereocenters. The van der Waals surface area contributed by atoms with Crippen LogP contribution in [-0.4, -0.2) is 41.7 Å². The van der Waals surface area contributed by atoms with E-state index >= 15 is 0 Å². The number of hydrogen-bond donors (Lipinski definition) is 3. The van der Waals surface area contributed by atoms with Crippen molar-refractivity contribution in [2.45, 2.75) is 71.0 Å². The van der Waals surface area contributed by atoms with E-state index in [1.54, 1.807) is 18.2 Å². The molecule has 5 rings (SSSR count). The Kier molecular flexibility index (Phi) is 5.73. The van der Waals surface area contributed by atoms with Crippen molar-refractivity contribution in [3.63, 3.8) is 0 Å². The first-order valence-corrected chi connectivity index (χ1v) is 12.4. The predicted molar refractivity (Wildman–Crippen MR) is 125 cm³/mol. The van der Waals surface area contributed by atoms with Gasteiger partial charge in [0.25, 0.3) is 5.91 Å². The summed E-state index contributed by atoms with van der Waals surface area (Å²) in [5.41, 5.74) is 1.74. The molecule has 0 aromatic heterocycles. The minimum absolute atomic E-state index is 0.0452. The third kappa shape index (κ3) is 3.75. The number of allylic oxidation sites excluding steroid dienone is 1. The molecule has 3 N–H and O–H groups in total. The molecule has 1 amide bonds. The maximum atomic E-state index is 12.9. The van der Waals surface area contributed by atoms with Crippen molar-refractivity contribution in [1.82, 2.24) is 5.32 Å². The van der Waals surface area contributed by atoms with Gasteiger partial charge in [0, 0.05) is 12.1 Å². The van der Waals surface area contributed by atoms with Crippen molar-refractivity contribution in [1.29, 1.82) is 0 Å². The fourth-order valence-corrected chi connectivity index (χ4v) is 7.29. The van der Waals surface area contributed by atoms with Crippen LogP contribution in [0, 0.1) is 28.6 Å². The van der Waals surface area contributed by atoms with E-state index in [9.17, 15) is 15.0 Å². The SMILES string of the molecule is C=C1CC[C@H]2[C@H](O)[C@@H](C3(C)CCC(O)CC3CNC(=O)c3ccc4c(c3)OCO4)CC[C@]12C. The monoisotopic (exact) mass is 455 g/mol. The lowest BCUT2D eigenvalue weighted by molar-refractivity contribution is -0.117. The third-order valence-corrected chi connectivity index (χ3v) is 9.68. The fraction of sp³-hybridized carbons (Fsp3) is 0.667. The molecule has 7 atom stereocenters. The van der Waals surface area contributed by atoms with Crippen molar-refractivity contribution < 1.29 is 24.5 Å². The van der Waals surface area contributed by atoms with Gasteiger partial charge < -0.3 is 25.0 Å². The number of amides is 1. The smallest absolute Gasteiger partial charge is 0.251 e. The van der Waals surface area contributed by atoms with Crippen molar-refractivity contribution >= 4 is 5.91 Å². The van der Waals surface area contributed by atoms with E-state index in [2.05, 4.69) is 25.7 Å². The summed E-state index contributed by atoms with van der Waals surface area (Å²) < 4.78 is 10.7. The topological polar surface area (TPSA) is 88.0 Å². The van der Waals surface area contributed by atoms with Gasteiger partial charge in [-0.1, -0.05) is 26.0 Å². The Morgan fingerprint density at radius 1 is 1.12 bits per heavy atom. The number of carbonyl (C=O) groups excluding carboxylic acids is 1. The Bertz CT molecular complexity index is 946. The summed E-state index contributed by atoms with van der Waals surface area (Å²) in [6.07, 6.45) is 5.59. The Morgan fingerprint density at radius 3 is 2.73 bits per heavy atom. The first kappa shape index (κ1) is 22.7. The number of hydrogen-bond acceptors (Lipinski definition) is 5. The van der Waals surface area contributed by atoms with Crippen LogP contribution in [0.3, 0.4) is 0 Å². The molecule has 33 heavy (non-hydrogen) atoms. The second kappa shape index (κ2) is 8.31. The number of ether oxygens (including phenoxy) is 2. The average molecular weight is 456 g/mol. The molecule has 6 heteroatoms. The van der Waals surface area contributed by atoms with E-state index in [-0.39, 0.29) is 53.5 Å². The summed E-state index contributed by atoms with van der Waals surface area (Å²) in [5, 5.41) is 25.1. The van der Waals surface area contributed by atoms with Crippen LogP contribution in [0.5, 0.6) is 11.5 Å². The number of aliphatic hydroxyl groups is 2. The van der Waals surface area contributed by atoms with Gasteiger partial charge in [-0.3, -0.25) is 4.79 Å². The fourth-order valence-electron chi connectivity index (χ4n) is 7.29. The van der Waals surface area contributed by atoms with Gasteiger partial charge in [0.05, 0.1) is 12.2 Å². The number of nitrogens with one attached hydrogen (secondary N) is 1. The van der Waals surface area contributed by atoms with E-state index in [1.807, 2.05) is 0 Å². The van der Waals surface area contributed by atoms with E-state index in [4.69, 9.17) is 9.47 Å². The van der Waals surface area contributed by atoms with Gasteiger partial charge in [-0.05, 0) is 91.7 Å². The van der Waals surface area contributed by atoms with Crippen LogP contribution in [0.25, 0.3) is 0 Å². The van der Waals surface area contributed by atoms with Crippen molar-refractivity contribution in [2.75, 3.05) is 13.3 Å². The molecule has 6 nitrogen and oxygen atoms in total.